The highest BCUT2D eigenvalue weighted by molar-refractivity contribution is 7.99. The molecule has 0 radical (unpaired) electrons. The van der Waals surface area contributed by atoms with Gasteiger partial charge in [0.1, 0.15) is 17.2 Å². The van der Waals surface area contributed by atoms with E-state index >= 15 is 0 Å². The van der Waals surface area contributed by atoms with E-state index in [0.29, 0.717) is 23.1 Å². The average Bonchev–Trinajstić information content (AvgIpc) is 2.53. The molecule has 0 fully saturated rings. The summed E-state index contributed by atoms with van der Waals surface area (Å²) in [7, 11) is 0. The summed E-state index contributed by atoms with van der Waals surface area (Å²) in [4.78, 5) is 35.4. The highest BCUT2D eigenvalue weighted by Gasteiger charge is 2.22. The first-order valence-electron chi connectivity index (χ1n) is 7.17. The number of carbonyl (C=O) groups is 2. The van der Waals surface area contributed by atoms with E-state index in [9.17, 15) is 19.5 Å². The van der Waals surface area contributed by atoms with Crippen molar-refractivity contribution in [3.8, 4) is 0 Å². The van der Waals surface area contributed by atoms with Gasteiger partial charge >= 0.3 is 11.6 Å². The van der Waals surface area contributed by atoms with Crippen molar-refractivity contribution in [1.82, 2.24) is 5.32 Å². The van der Waals surface area contributed by atoms with Crippen LogP contribution >= 0.6 is 11.8 Å². The Bertz CT molecular complexity index is 770. The number of amides is 1. The highest BCUT2D eigenvalue weighted by atomic mass is 32.2. The third-order valence-corrected chi connectivity index (χ3v) is 4.18. The van der Waals surface area contributed by atoms with E-state index in [2.05, 4.69) is 5.32 Å². The molecule has 1 aromatic heterocycles. The van der Waals surface area contributed by atoms with E-state index < -0.39 is 23.5 Å². The molecule has 122 valence electrons. The van der Waals surface area contributed by atoms with Crippen molar-refractivity contribution in [1.29, 1.82) is 0 Å². The van der Waals surface area contributed by atoms with Crippen molar-refractivity contribution in [2.45, 2.75) is 19.4 Å². The van der Waals surface area contributed by atoms with Crippen LogP contribution in [0.3, 0.4) is 0 Å². The van der Waals surface area contributed by atoms with Gasteiger partial charge in [0.05, 0.1) is 0 Å². The molecule has 1 aromatic carbocycles. The van der Waals surface area contributed by atoms with Crippen LogP contribution in [0, 0.1) is 0 Å². The third-order valence-electron chi connectivity index (χ3n) is 3.24. The number of fused-ring (bicyclic) bond motifs is 1. The first kappa shape index (κ1) is 17.1. The summed E-state index contributed by atoms with van der Waals surface area (Å²) >= 11 is 1.59. The van der Waals surface area contributed by atoms with Crippen LogP contribution in [-0.4, -0.2) is 34.5 Å². The van der Waals surface area contributed by atoms with Gasteiger partial charge in [0.2, 0.25) is 0 Å². The monoisotopic (exact) mass is 335 g/mol. The zero-order valence-corrected chi connectivity index (χ0v) is 13.4. The number of hydrogen-bond donors (Lipinski definition) is 2. The van der Waals surface area contributed by atoms with Crippen LogP contribution in [0.1, 0.15) is 23.7 Å². The molecule has 0 aliphatic carbocycles. The Balaban J connectivity index is 2.20. The van der Waals surface area contributed by atoms with Gasteiger partial charge in [0.15, 0.2) is 0 Å². The number of aliphatic carboxylic acids is 1. The molecular weight excluding hydrogens is 318 g/mol. The number of para-hydroxylation sites is 1. The summed E-state index contributed by atoms with van der Waals surface area (Å²) in [5.74, 6) is -0.382. The van der Waals surface area contributed by atoms with E-state index in [-0.39, 0.29) is 5.56 Å². The molecule has 0 saturated carbocycles. The predicted molar refractivity (Wildman–Crippen MR) is 89.0 cm³/mol. The Labute approximate surface area is 136 Å². The van der Waals surface area contributed by atoms with Gasteiger partial charge in [-0.25, -0.2) is 9.59 Å². The summed E-state index contributed by atoms with van der Waals surface area (Å²) in [6.07, 6.45) is 0.290. The molecule has 23 heavy (non-hydrogen) atoms. The SMILES string of the molecule is CCSCCC(NC(=O)c1cc2ccccc2oc1=O)C(=O)O. The lowest BCUT2D eigenvalue weighted by Crippen LogP contribution is -2.42. The van der Waals surface area contributed by atoms with E-state index in [1.54, 1.807) is 36.0 Å². The maximum atomic E-state index is 12.2. The predicted octanol–water partition coefficient (Wildman–Crippen LogP) is 2.12. The Hall–Kier alpha value is -2.28. The van der Waals surface area contributed by atoms with Gasteiger partial charge in [-0.2, -0.15) is 11.8 Å². The zero-order chi connectivity index (χ0) is 16.8. The van der Waals surface area contributed by atoms with Crippen LogP contribution in [0.4, 0.5) is 0 Å². The van der Waals surface area contributed by atoms with Crippen LogP contribution in [0.5, 0.6) is 0 Å². The van der Waals surface area contributed by atoms with E-state index in [0.717, 1.165) is 5.75 Å². The second-order valence-corrected chi connectivity index (χ2v) is 6.23. The van der Waals surface area contributed by atoms with E-state index in [4.69, 9.17) is 4.42 Å². The maximum Gasteiger partial charge on any atom is 0.349 e. The molecule has 7 heteroatoms. The molecule has 2 N–H and O–H groups in total. The van der Waals surface area contributed by atoms with Gasteiger partial charge in [-0.05, 0) is 30.1 Å². The quantitative estimate of drug-likeness (QED) is 0.594. The lowest BCUT2D eigenvalue weighted by atomic mass is 10.1. The van der Waals surface area contributed by atoms with Gasteiger partial charge in [-0.3, -0.25) is 4.79 Å². The Morgan fingerprint density at radius 3 is 2.78 bits per heavy atom. The summed E-state index contributed by atoms with van der Waals surface area (Å²) < 4.78 is 5.09. The number of hydrogen-bond acceptors (Lipinski definition) is 5. The molecule has 0 aliphatic heterocycles. The van der Waals surface area contributed by atoms with Gasteiger partial charge in [-0.1, -0.05) is 25.1 Å². The fourth-order valence-electron chi connectivity index (χ4n) is 2.06. The molecule has 6 nitrogen and oxygen atoms in total. The zero-order valence-electron chi connectivity index (χ0n) is 12.6. The minimum Gasteiger partial charge on any atom is -0.480 e. The smallest absolute Gasteiger partial charge is 0.349 e. The van der Waals surface area contributed by atoms with E-state index in [1.165, 1.54) is 6.07 Å². The van der Waals surface area contributed by atoms with Gasteiger partial charge in [0.25, 0.3) is 5.91 Å². The van der Waals surface area contributed by atoms with Crippen molar-refractivity contribution in [3.63, 3.8) is 0 Å². The van der Waals surface area contributed by atoms with Crippen molar-refractivity contribution in [2.75, 3.05) is 11.5 Å². The summed E-state index contributed by atoms with van der Waals surface area (Å²) in [5, 5.41) is 12.2. The highest BCUT2D eigenvalue weighted by Crippen LogP contribution is 2.13. The third kappa shape index (κ3) is 4.35. The molecule has 1 unspecified atom stereocenters. The Kier molecular flexibility index (Phi) is 5.81. The minimum atomic E-state index is -1.12. The number of thioether (sulfide) groups is 1. The number of nitrogens with one attached hydrogen (secondary N) is 1. The first-order valence-corrected chi connectivity index (χ1v) is 8.32. The van der Waals surface area contributed by atoms with Crippen molar-refractivity contribution in [2.24, 2.45) is 0 Å². The number of rotatable bonds is 7. The number of carboxylic acid groups (broad SMARTS) is 1. The lowest BCUT2D eigenvalue weighted by Gasteiger charge is -2.13. The number of carbonyl (C=O) groups excluding carboxylic acids is 1. The molecule has 2 aromatic rings. The topological polar surface area (TPSA) is 96.6 Å². The molecule has 2 rings (SSSR count). The van der Waals surface area contributed by atoms with Crippen molar-refractivity contribution < 1.29 is 19.1 Å². The van der Waals surface area contributed by atoms with E-state index in [1.807, 2.05) is 6.92 Å². The lowest BCUT2D eigenvalue weighted by molar-refractivity contribution is -0.139. The Morgan fingerprint density at radius 1 is 1.35 bits per heavy atom. The van der Waals surface area contributed by atoms with Crippen LogP contribution in [-0.2, 0) is 4.79 Å². The number of benzene rings is 1. The molecule has 0 bridgehead atoms. The maximum absolute atomic E-state index is 12.2. The summed E-state index contributed by atoms with van der Waals surface area (Å²) in [6, 6.07) is 7.19. The fourth-order valence-corrected chi connectivity index (χ4v) is 2.75. The molecular formula is C16H17NO5S. The minimum absolute atomic E-state index is 0.196. The normalized spacial score (nSPS) is 12.0. The second kappa shape index (κ2) is 7.82. The molecule has 1 atom stereocenters. The van der Waals surface area contributed by atoms with Crippen LogP contribution in [0.2, 0.25) is 0 Å². The standard InChI is InChI=1S/C16H17NO5S/c1-2-23-8-7-12(15(19)20)17-14(18)11-9-10-5-3-4-6-13(10)22-16(11)21/h3-6,9,12H,2,7-8H2,1H3,(H,17,18)(H,19,20). The van der Waals surface area contributed by atoms with Gasteiger partial charge < -0.3 is 14.8 Å². The van der Waals surface area contributed by atoms with Gasteiger partial charge in [-0.15, -0.1) is 0 Å². The van der Waals surface area contributed by atoms with Crippen LogP contribution < -0.4 is 10.9 Å². The van der Waals surface area contributed by atoms with Crippen LogP contribution in [0.25, 0.3) is 11.0 Å². The molecule has 0 spiro atoms. The summed E-state index contributed by atoms with van der Waals surface area (Å²) in [5.41, 5.74) is -0.602. The Morgan fingerprint density at radius 2 is 2.09 bits per heavy atom. The van der Waals surface area contributed by atoms with Gasteiger partial charge in [0, 0.05) is 5.39 Å². The second-order valence-electron chi connectivity index (χ2n) is 4.84. The number of carboxylic acids is 1. The molecule has 1 heterocycles. The van der Waals surface area contributed by atoms with Crippen molar-refractivity contribution >= 4 is 34.6 Å². The van der Waals surface area contributed by atoms with Crippen molar-refractivity contribution in [3.05, 3.63) is 46.3 Å². The molecule has 0 aliphatic rings. The van der Waals surface area contributed by atoms with Crippen LogP contribution in [0.15, 0.2) is 39.5 Å². The average molecular weight is 335 g/mol. The largest absolute Gasteiger partial charge is 0.480 e. The molecule has 0 saturated heterocycles. The fraction of sp³-hybridized carbons (Fsp3) is 0.312. The molecule has 1 amide bonds. The first-order chi connectivity index (χ1) is 11.0. The summed E-state index contributed by atoms with van der Waals surface area (Å²) in [6.45, 7) is 1.97.